The molecule has 0 bridgehead atoms. The number of aromatic nitrogens is 4. The molecule has 33 heavy (non-hydrogen) atoms. The largest absolute Gasteiger partial charge is 0.506 e. The Morgan fingerprint density at radius 2 is 1.64 bits per heavy atom. The molecule has 0 unspecified atom stereocenters. The van der Waals surface area contributed by atoms with Gasteiger partial charge in [-0.15, -0.1) is 0 Å². The van der Waals surface area contributed by atoms with Crippen molar-refractivity contribution in [1.82, 2.24) is 20.2 Å². The van der Waals surface area contributed by atoms with Crippen molar-refractivity contribution in [2.24, 2.45) is 0 Å². The average molecular weight is 454 g/mol. The number of H-pyrrole nitrogens is 1. The first-order chi connectivity index (χ1) is 15.5. The van der Waals surface area contributed by atoms with Crippen LogP contribution in [0, 0.1) is 0 Å². The van der Waals surface area contributed by atoms with Crippen LogP contribution in [0.3, 0.4) is 0 Å². The minimum absolute atomic E-state index is 0. The predicted octanol–water partition coefficient (Wildman–Crippen LogP) is 3.40. The molecule has 174 valence electrons. The minimum Gasteiger partial charge on any atom is -0.506 e. The van der Waals surface area contributed by atoms with Gasteiger partial charge < -0.3 is 14.6 Å². The summed E-state index contributed by atoms with van der Waals surface area (Å²) in [4.78, 5) is 41.5. The summed E-state index contributed by atoms with van der Waals surface area (Å²) in [5.74, 6) is -2.68. The molecule has 0 aromatic carbocycles. The van der Waals surface area contributed by atoms with E-state index in [9.17, 15) is 19.5 Å². The van der Waals surface area contributed by atoms with Gasteiger partial charge in [0.2, 0.25) is 0 Å². The average Bonchev–Trinajstić information content (AvgIpc) is 3.31. The first-order valence-corrected chi connectivity index (χ1v) is 9.63. The van der Waals surface area contributed by atoms with Crippen molar-refractivity contribution < 1.29 is 29.0 Å². The summed E-state index contributed by atoms with van der Waals surface area (Å²) in [5.41, 5.74) is 1.90. The Bertz CT molecular complexity index is 1060. The number of ether oxygens (including phenoxy) is 2. The molecule has 0 fully saturated rings. The molecule has 3 rings (SSSR count). The zero-order valence-corrected chi connectivity index (χ0v) is 17.5. The predicted molar refractivity (Wildman–Crippen MR) is 121 cm³/mol. The molecular formula is C23H26N4O6. The van der Waals surface area contributed by atoms with E-state index in [1.165, 1.54) is 12.3 Å². The molecule has 0 aliphatic rings. The molecule has 3 heterocycles. The normalized spacial score (nSPS) is 10.2. The molecule has 10 nitrogen and oxygen atoms in total. The minimum atomic E-state index is -0.995. The van der Waals surface area contributed by atoms with Gasteiger partial charge in [0, 0.05) is 24.5 Å². The number of hydrogen-bond donors (Lipinski definition) is 2. The van der Waals surface area contributed by atoms with Crippen LogP contribution >= 0.6 is 0 Å². The number of nitrogens with one attached hydrogen (secondary N) is 1. The highest BCUT2D eigenvalue weighted by Crippen LogP contribution is 2.14. The summed E-state index contributed by atoms with van der Waals surface area (Å²) in [5, 5.41) is 16.1. The Hall–Kier alpha value is -4.34. The number of carbonyl (C=O) groups excluding carboxylic acids is 3. The van der Waals surface area contributed by atoms with Gasteiger partial charge in [-0.25, -0.2) is 9.59 Å². The fourth-order valence-electron chi connectivity index (χ4n) is 2.25. The third kappa shape index (κ3) is 8.37. The van der Waals surface area contributed by atoms with Gasteiger partial charge >= 0.3 is 11.9 Å². The quantitative estimate of drug-likeness (QED) is 0.237. The highest BCUT2D eigenvalue weighted by atomic mass is 16.5. The Kier molecular flexibility index (Phi) is 11.2. The van der Waals surface area contributed by atoms with E-state index in [0.717, 1.165) is 6.08 Å². The lowest BCUT2D eigenvalue weighted by Gasteiger charge is -1.99. The van der Waals surface area contributed by atoms with Crippen molar-refractivity contribution in [3.05, 3.63) is 72.3 Å². The summed E-state index contributed by atoms with van der Waals surface area (Å²) in [7, 11) is 0. The van der Waals surface area contributed by atoms with Crippen LogP contribution < -0.4 is 0 Å². The molecular weight excluding hydrogens is 428 g/mol. The molecule has 0 aliphatic carbocycles. The van der Waals surface area contributed by atoms with Gasteiger partial charge in [-0.1, -0.05) is 19.6 Å². The Labute approximate surface area is 191 Å². The van der Waals surface area contributed by atoms with Crippen LogP contribution in [0.15, 0.2) is 60.9 Å². The van der Waals surface area contributed by atoms with Crippen LogP contribution in [0.25, 0.3) is 17.1 Å². The van der Waals surface area contributed by atoms with Crippen LogP contribution in [0.1, 0.15) is 37.5 Å². The zero-order chi connectivity index (χ0) is 23.3. The molecule has 3 aromatic rings. The Balaban J connectivity index is 0.000000320. The summed E-state index contributed by atoms with van der Waals surface area (Å²) < 4.78 is 9.32. The lowest BCUT2D eigenvalue weighted by Crippen LogP contribution is -2.15. The molecule has 0 aliphatic heterocycles. The number of hydrogen-bond acceptors (Lipinski definition) is 9. The summed E-state index contributed by atoms with van der Waals surface area (Å²) >= 11 is 0. The topological polar surface area (TPSA) is 144 Å². The van der Waals surface area contributed by atoms with Crippen LogP contribution in [0.2, 0.25) is 0 Å². The summed E-state index contributed by atoms with van der Waals surface area (Å²) in [6.45, 7) is 3.81. The first-order valence-electron chi connectivity index (χ1n) is 9.63. The summed E-state index contributed by atoms with van der Waals surface area (Å²) in [6, 6.07) is 12.0. The Morgan fingerprint density at radius 1 is 0.970 bits per heavy atom. The number of carbonyl (C=O) groups is 3. The fraction of sp³-hybridized carbons (Fsp3) is 0.217. The second-order valence-electron chi connectivity index (χ2n) is 5.93. The molecule has 0 saturated heterocycles. The number of aliphatic hydroxyl groups excluding tert-OH is 1. The van der Waals surface area contributed by atoms with E-state index in [-0.39, 0.29) is 25.5 Å². The maximum Gasteiger partial charge on any atom is 0.379 e. The van der Waals surface area contributed by atoms with E-state index in [2.05, 4.69) is 24.9 Å². The zero-order valence-electron chi connectivity index (χ0n) is 17.5. The van der Waals surface area contributed by atoms with Gasteiger partial charge in [0.05, 0.1) is 18.9 Å². The van der Waals surface area contributed by atoms with Crippen LogP contribution in [-0.2, 0) is 19.1 Å². The van der Waals surface area contributed by atoms with Crippen molar-refractivity contribution in [3.63, 3.8) is 0 Å². The molecule has 10 heteroatoms. The second kappa shape index (κ2) is 13.9. The van der Waals surface area contributed by atoms with E-state index in [0.29, 0.717) is 23.7 Å². The maximum absolute atomic E-state index is 11.4. The van der Waals surface area contributed by atoms with E-state index in [1.807, 2.05) is 18.2 Å². The van der Waals surface area contributed by atoms with Gasteiger partial charge in [-0.05, 0) is 38.1 Å². The first kappa shape index (κ1) is 26.7. The monoisotopic (exact) mass is 454 g/mol. The molecule has 3 aromatic heterocycles. The van der Waals surface area contributed by atoms with Crippen molar-refractivity contribution >= 4 is 23.5 Å². The van der Waals surface area contributed by atoms with Crippen molar-refractivity contribution in [2.45, 2.75) is 21.3 Å². The van der Waals surface area contributed by atoms with Gasteiger partial charge in [0.25, 0.3) is 5.78 Å². The number of aliphatic hydroxyl groups is 1. The standard InChI is InChI=1S/C11H11N3O2.C11H11NO4.CH4/c1-2-16-11(15)10-7-9(13-14-10)8-5-3-4-6-12-8;1-2-16-11(15)10(14)7-9(13)8-5-3-4-6-12-8;/h3-7H,2H2,1H3,(H,13,14);3-7,13H,2H2,1H3;1H4. The van der Waals surface area contributed by atoms with Gasteiger partial charge in [-0.3, -0.25) is 19.9 Å². The van der Waals surface area contributed by atoms with E-state index < -0.39 is 17.7 Å². The molecule has 2 N–H and O–H groups in total. The molecule has 0 spiro atoms. The smallest absolute Gasteiger partial charge is 0.379 e. The second-order valence-corrected chi connectivity index (χ2v) is 5.93. The third-order valence-corrected chi connectivity index (χ3v) is 3.67. The molecule has 0 radical (unpaired) electrons. The molecule has 0 saturated carbocycles. The SMILES string of the molecule is C.CCOC(=O)C(=O)C=C(O)c1ccccn1.CCOC(=O)c1cc(-c2ccccn2)n[nH]1. The van der Waals surface area contributed by atoms with Crippen molar-refractivity contribution in [2.75, 3.05) is 13.2 Å². The van der Waals surface area contributed by atoms with Gasteiger partial charge in [0.15, 0.2) is 0 Å². The maximum atomic E-state index is 11.4. The number of esters is 2. The van der Waals surface area contributed by atoms with Gasteiger partial charge in [-0.2, -0.15) is 5.10 Å². The number of pyridine rings is 2. The molecule has 0 amide bonds. The highest BCUT2D eigenvalue weighted by Gasteiger charge is 2.14. The number of ketones is 1. The number of aromatic amines is 1. The number of nitrogens with zero attached hydrogens (tertiary/aromatic N) is 3. The van der Waals surface area contributed by atoms with Crippen LogP contribution in [0.5, 0.6) is 0 Å². The van der Waals surface area contributed by atoms with Crippen LogP contribution in [0.4, 0.5) is 0 Å². The fourth-order valence-corrected chi connectivity index (χ4v) is 2.25. The lowest BCUT2D eigenvalue weighted by atomic mass is 10.2. The summed E-state index contributed by atoms with van der Waals surface area (Å²) in [6.07, 6.45) is 3.93. The van der Waals surface area contributed by atoms with Gasteiger partial charge in [0.1, 0.15) is 22.8 Å². The van der Waals surface area contributed by atoms with E-state index in [4.69, 9.17) is 4.74 Å². The Morgan fingerprint density at radius 3 is 2.21 bits per heavy atom. The van der Waals surface area contributed by atoms with E-state index >= 15 is 0 Å². The van der Waals surface area contributed by atoms with Crippen LogP contribution in [-0.4, -0.2) is 56.2 Å². The van der Waals surface area contributed by atoms with Crippen molar-refractivity contribution in [3.8, 4) is 11.4 Å². The van der Waals surface area contributed by atoms with E-state index in [1.54, 1.807) is 38.2 Å². The highest BCUT2D eigenvalue weighted by molar-refractivity contribution is 6.39. The number of rotatable bonds is 7. The third-order valence-electron chi connectivity index (χ3n) is 3.67. The lowest BCUT2D eigenvalue weighted by molar-refractivity contribution is -0.151. The molecule has 0 atom stereocenters. The van der Waals surface area contributed by atoms with Crippen molar-refractivity contribution in [1.29, 1.82) is 0 Å².